The Hall–Kier alpha value is -2.13. The van der Waals surface area contributed by atoms with E-state index >= 15 is 0 Å². The van der Waals surface area contributed by atoms with Crippen molar-refractivity contribution in [1.29, 1.82) is 0 Å². The number of alkyl halides is 3. The van der Waals surface area contributed by atoms with Gasteiger partial charge < -0.3 is 14.0 Å². The molecule has 136 valence electrons. The van der Waals surface area contributed by atoms with Crippen molar-refractivity contribution in [3.63, 3.8) is 0 Å². The Morgan fingerprint density at radius 2 is 1.96 bits per heavy atom. The summed E-state index contributed by atoms with van der Waals surface area (Å²) in [5, 5.41) is 0. The highest BCUT2D eigenvalue weighted by atomic mass is 32.1. The zero-order chi connectivity index (χ0) is 18.6. The number of hydrogen-bond donors (Lipinski definition) is 0. The fourth-order valence-corrected chi connectivity index (χ4v) is 3.13. The Kier molecular flexibility index (Phi) is 6.02. The summed E-state index contributed by atoms with van der Waals surface area (Å²) in [6.45, 7) is 4.67. The number of benzene rings is 1. The van der Waals surface area contributed by atoms with Crippen LogP contribution in [0.4, 0.5) is 13.2 Å². The summed E-state index contributed by atoms with van der Waals surface area (Å²) < 4.78 is 48.2. The van der Waals surface area contributed by atoms with Gasteiger partial charge in [0.2, 0.25) is 0 Å². The van der Waals surface area contributed by atoms with E-state index in [4.69, 9.17) is 4.74 Å². The van der Waals surface area contributed by atoms with Gasteiger partial charge in [-0.15, -0.1) is 24.5 Å². The van der Waals surface area contributed by atoms with Crippen molar-refractivity contribution in [2.24, 2.45) is 4.99 Å². The number of thiazole rings is 1. The number of para-hydroxylation sites is 1. The lowest BCUT2D eigenvalue weighted by Crippen LogP contribution is -2.22. The lowest BCUT2D eigenvalue weighted by molar-refractivity contribution is -0.274. The van der Waals surface area contributed by atoms with Crippen LogP contribution in [0.5, 0.6) is 5.75 Å². The Morgan fingerprint density at radius 3 is 2.60 bits per heavy atom. The first-order valence-electron chi connectivity index (χ1n) is 7.32. The highest BCUT2D eigenvalue weighted by Crippen LogP contribution is 2.26. The quantitative estimate of drug-likeness (QED) is 0.806. The summed E-state index contributed by atoms with van der Waals surface area (Å²) in [4.78, 5) is 17.8. The number of hydrogen-bond acceptors (Lipinski definition) is 4. The van der Waals surface area contributed by atoms with Gasteiger partial charge in [-0.3, -0.25) is 4.79 Å². The molecule has 0 aliphatic heterocycles. The number of nitrogens with zero attached hydrogens (tertiary/aromatic N) is 2. The molecule has 1 aromatic carbocycles. The van der Waals surface area contributed by atoms with Crippen molar-refractivity contribution in [2.75, 3.05) is 13.7 Å². The largest absolute Gasteiger partial charge is 0.573 e. The molecule has 0 saturated carbocycles. The fraction of sp³-hybridized carbons (Fsp3) is 0.375. The van der Waals surface area contributed by atoms with E-state index in [1.807, 2.05) is 13.8 Å². The van der Waals surface area contributed by atoms with Crippen molar-refractivity contribution < 1.29 is 27.4 Å². The monoisotopic (exact) mass is 374 g/mol. The minimum absolute atomic E-state index is 0.248. The maximum Gasteiger partial charge on any atom is 0.573 e. The SMILES string of the molecule is COCCn1c(C)c(C)sc1=NC(=O)c1ccccc1OC(F)(F)F. The van der Waals surface area contributed by atoms with Crippen molar-refractivity contribution in [3.05, 3.63) is 45.2 Å². The number of methoxy groups -OCH3 is 1. The Morgan fingerprint density at radius 1 is 1.28 bits per heavy atom. The second-order valence-electron chi connectivity index (χ2n) is 5.13. The fourth-order valence-electron chi connectivity index (χ4n) is 2.13. The average Bonchev–Trinajstić information content (AvgIpc) is 2.78. The Balaban J connectivity index is 2.43. The number of rotatable bonds is 5. The number of halogens is 3. The van der Waals surface area contributed by atoms with Gasteiger partial charge in [-0.05, 0) is 26.0 Å². The first kappa shape index (κ1) is 19.2. The summed E-state index contributed by atoms with van der Waals surface area (Å²) >= 11 is 1.29. The second kappa shape index (κ2) is 7.83. The molecule has 1 aromatic heterocycles. The van der Waals surface area contributed by atoms with Crippen LogP contribution in [0.15, 0.2) is 29.3 Å². The van der Waals surface area contributed by atoms with Gasteiger partial charge in [0.25, 0.3) is 5.91 Å². The first-order chi connectivity index (χ1) is 11.7. The summed E-state index contributed by atoms with van der Waals surface area (Å²) in [5.74, 6) is -1.37. The maximum atomic E-state index is 12.5. The number of carbonyl (C=O) groups excluding carboxylic acids is 1. The molecular formula is C16H17F3N2O3S. The summed E-state index contributed by atoms with van der Waals surface area (Å²) in [6, 6.07) is 5.14. The highest BCUT2D eigenvalue weighted by molar-refractivity contribution is 7.09. The molecule has 1 heterocycles. The minimum Gasteiger partial charge on any atom is -0.405 e. The van der Waals surface area contributed by atoms with Crippen molar-refractivity contribution >= 4 is 17.2 Å². The third kappa shape index (κ3) is 4.93. The molecule has 25 heavy (non-hydrogen) atoms. The normalized spacial score (nSPS) is 12.5. The molecule has 0 aliphatic rings. The third-order valence-electron chi connectivity index (χ3n) is 3.45. The molecule has 5 nitrogen and oxygen atoms in total. The van der Waals surface area contributed by atoms with Crippen LogP contribution in [-0.4, -0.2) is 30.6 Å². The van der Waals surface area contributed by atoms with E-state index in [0.29, 0.717) is 18.0 Å². The molecule has 0 unspecified atom stereocenters. The standard InChI is InChI=1S/C16H17F3N2O3S/c1-10-11(2)25-15(21(10)8-9-23-3)20-14(22)12-6-4-5-7-13(12)24-16(17,18)19/h4-7H,8-9H2,1-3H3. The Bertz CT molecular complexity index is 825. The van der Waals surface area contributed by atoms with Gasteiger partial charge in [-0.1, -0.05) is 12.1 Å². The lowest BCUT2D eigenvalue weighted by Gasteiger charge is -2.11. The summed E-state index contributed by atoms with van der Waals surface area (Å²) in [5.41, 5.74) is 0.676. The zero-order valence-electron chi connectivity index (χ0n) is 13.9. The molecule has 0 aliphatic carbocycles. The molecule has 2 rings (SSSR count). The average molecular weight is 374 g/mol. The highest BCUT2D eigenvalue weighted by Gasteiger charge is 2.32. The van der Waals surface area contributed by atoms with Crippen LogP contribution in [0.3, 0.4) is 0 Å². The minimum atomic E-state index is -4.88. The first-order valence-corrected chi connectivity index (χ1v) is 8.14. The molecule has 0 N–H and O–H groups in total. The van der Waals surface area contributed by atoms with Crippen molar-refractivity contribution in [2.45, 2.75) is 26.8 Å². The number of carbonyl (C=O) groups is 1. The molecule has 2 aromatic rings. The van der Waals surface area contributed by atoms with Gasteiger partial charge in [0.05, 0.1) is 12.2 Å². The molecule has 0 fully saturated rings. The van der Waals surface area contributed by atoms with Crippen LogP contribution in [0.25, 0.3) is 0 Å². The molecule has 9 heteroatoms. The number of ether oxygens (including phenoxy) is 2. The van der Waals surface area contributed by atoms with Gasteiger partial charge in [-0.25, -0.2) is 0 Å². The topological polar surface area (TPSA) is 52.8 Å². The van der Waals surface area contributed by atoms with Gasteiger partial charge >= 0.3 is 6.36 Å². The molecule has 0 spiro atoms. The summed E-state index contributed by atoms with van der Waals surface area (Å²) in [6.07, 6.45) is -4.88. The molecule has 0 atom stereocenters. The van der Waals surface area contributed by atoms with E-state index in [2.05, 4.69) is 9.73 Å². The molecule has 0 bridgehead atoms. The van der Waals surface area contributed by atoms with Gasteiger partial charge in [0.1, 0.15) is 5.75 Å². The maximum absolute atomic E-state index is 12.5. The molecular weight excluding hydrogens is 357 g/mol. The van der Waals surface area contributed by atoms with E-state index in [0.717, 1.165) is 16.6 Å². The van der Waals surface area contributed by atoms with Crippen LogP contribution < -0.4 is 9.54 Å². The number of aromatic nitrogens is 1. The lowest BCUT2D eigenvalue weighted by atomic mass is 10.2. The van der Waals surface area contributed by atoms with E-state index in [-0.39, 0.29) is 5.56 Å². The number of amides is 1. The van der Waals surface area contributed by atoms with Crippen molar-refractivity contribution in [1.82, 2.24) is 4.57 Å². The van der Waals surface area contributed by atoms with Gasteiger partial charge in [0, 0.05) is 24.2 Å². The van der Waals surface area contributed by atoms with Crippen LogP contribution >= 0.6 is 11.3 Å². The van der Waals surface area contributed by atoms with Crippen molar-refractivity contribution in [3.8, 4) is 5.75 Å². The summed E-state index contributed by atoms with van der Waals surface area (Å²) in [7, 11) is 1.56. The Labute approximate surface area is 146 Å². The van der Waals surface area contributed by atoms with E-state index in [1.54, 1.807) is 11.7 Å². The predicted octanol–water partition coefficient (Wildman–Crippen LogP) is 3.45. The second-order valence-corrected chi connectivity index (χ2v) is 6.31. The predicted molar refractivity (Wildman–Crippen MR) is 86.7 cm³/mol. The van der Waals surface area contributed by atoms with E-state index in [1.165, 1.54) is 29.5 Å². The van der Waals surface area contributed by atoms with Gasteiger partial charge in [0.15, 0.2) is 4.80 Å². The van der Waals surface area contributed by atoms with Crippen LogP contribution in [0, 0.1) is 13.8 Å². The third-order valence-corrected chi connectivity index (χ3v) is 4.54. The van der Waals surface area contributed by atoms with Crippen LogP contribution in [0.1, 0.15) is 20.9 Å². The molecule has 0 saturated heterocycles. The number of aryl methyl sites for hydroxylation is 1. The van der Waals surface area contributed by atoms with E-state index < -0.39 is 18.0 Å². The van der Waals surface area contributed by atoms with Crippen LogP contribution in [0.2, 0.25) is 0 Å². The zero-order valence-corrected chi connectivity index (χ0v) is 14.7. The molecule has 1 amide bonds. The van der Waals surface area contributed by atoms with E-state index in [9.17, 15) is 18.0 Å². The molecule has 0 radical (unpaired) electrons. The smallest absolute Gasteiger partial charge is 0.405 e. The van der Waals surface area contributed by atoms with Crippen LogP contribution in [-0.2, 0) is 11.3 Å². The van der Waals surface area contributed by atoms with Gasteiger partial charge in [-0.2, -0.15) is 4.99 Å².